The van der Waals surface area contributed by atoms with Crippen LogP contribution in [-0.4, -0.2) is 13.1 Å². The first-order chi connectivity index (χ1) is 10.4. The lowest BCUT2D eigenvalue weighted by Gasteiger charge is -2.05. The van der Waals surface area contributed by atoms with Crippen molar-refractivity contribution in [2.75, 3.05) is 7.11 Å². The molecule has 0 atom stereocenters. The maximum absolute atomic E-state index is 14.1. The smallest absolute Gasteiger partial charge is 0.339 e. The Bertz CT molecular complexity index is 673. The first kappa shape index (κ1) is 17.3. The molecule has 0 unspecified atom stereocenters. The average Bonchev–Trinajstić information content (AvgIpc) is 2.51. The second-order valence-electron chi connectivity index (χ2n) is 4.55. The van der Waals surface area contributed by atoms with Gasteiger partial charge in [-0.15, -0.1) is 6.42 Å². The molecule has 4 heteroatoms. The zero-order valence-electron chi connectivity index (χ0n) is 12.8. The molecule has 0 bridgehead atoms. The van der Waals surface area contributed by atoms with Gasteiger partial charge in [0.25, 0.3) is 0 Å². The average molecular weight is 300 g/mol. The van der Waals surface area contributed by atoms with Crippen LogP contribution in [-0.2, 0) is 9.53 Å². The fourth-order valence-corrected chi connectivity index (χ4v) is 1.52. The molecule has 22 heavy (non-hydrogen) atoms. The van der Waals surface area contributed by atoms with Crippen LogP contribution in [0.5, 0.6) is 5.75 Å². The van der Waals surface area contributed by atoms with E-state index in [4.69, 9.17) is 15.9 Å². The van der Waals surface area contributed by atoms with Crippen LogP contribution in [0, 0.1) is 12.3 Å². The van der Waals surface area contributed by atoms with Gasteiger partial charge in [0, 0.05) is 5.57 Å². The SMILES string of the molecule is C#C/C(OC(=O)C(=C)C)=C(F)\C=C(/C)c1ccc(OC)cc1. The molecule has 0 amide bonds. The zero-order valence-corrected chi connectivity index (χ0v) is 12.8. The van der Waals surface area contributed by atoms with Crippen molar-refractivity contribution in [1.82, 2.24) is 0 Å². The maximum Gasteiger partial charge on any atom is 0.339 e. The number of ether oxygens (including phenoxy) is 2. The third-order valence-corrected chi connectivity index (χ3v) is 2.78. The Balaban J connectivity index is 3.05. The molecule has 1 aromatic rings. The van der Waals surface area contributed by atoms with Gasteiger partial charge >= 0.3 is 5.97 Å². The highest BCUT2D eigenvalue weighted by molar-refractivity contribution is 5.88. The highest BCUT2D eigenvalue weighted by atomic mass is 19.1. The maximum atomic E-state index is 14.1. The van der Waals surface area contributed by atoms with E-state index in [9.17, 15) is 9.18 Å². The van der Waals surface area contributed by atoms with Crippen molar-refractivity contribution < 1.29 is 18.7 Å². The second kappa shape index (κ2) is 7.84. The van der Waals surface area contributed by atoms with Gasteiger partial charge in [0.1, 0.15) is 5.75 Å². The number of halogens is 1. The zero-order chi connectivity index (χ0) is 16.7. The molecular weight excluding hydrogens is 283 g/mol. The molecule has 0 saturated heterocycles. The molecule has 3 nitrogen and oxygen atoms in total. The number of terminal acetylenes is 1. The summed E-state index contributed by atoms with van der Waals surface area (Å²) in [5, 5.41) is 0. The van der Waals surface area contributed by atoms with Crippen LogP contribution in [0.2, 0.25) is 0 Å². The van der Waals surface area contributed by atoms with E-state index in [0.717, 1.165) is 5.56 Å². The quantitative estimate of drug-likeness (QED) is 0.271. The minimum Gasteiger partial charge on any atom is -0.497 e. The number of hydrogen-bond donors (Lipinski definition) is 0. The van der Waals surface area contributed by atoms with Crippen LogP contribution >= 0.6 is 0 Å². The number of benzene rings is 1. The Morgan fingerprint density at radius 3 is 2.36 bits per heavy atom. The normalized spacial score (nSPS) is 12.0. The molecule has 0 saturated carbocycles. The third-order valence-electron chi connectivity index (χ3n) is 2.78. The monoisotopic (exact) mass is 300 g/mol. The summed E-state index contributed by atoms with van der Waals surface area (Å²) < 4.78 is 23.9. The first-order valence-electron chi connectivity index (χ1n) is 6.45. The van der Waals surface area contributed by atoms with Gasteiger partial charge in [-0.25, -0.2) is 9.18 Å². The number of rotatable bonds is 5. The number of methoxy groups -OCH3 is 1. The summed E-state index contributed by atoms with van der Waals surface area (Å²) in [6, 6.07) is 7.09. The second-order valence-corrected chi connectivity index (χ2v) is 4.55. The molecule has 0 aromatic heterocycles. The number of hydrogen-bond acceptors (Lipinski definition) is 3. The van der Waals surface area contributed by atoms with E-state index in [-0.39, 0.29) is 5.57 Å². The van der Waals surface area contributed by atoms with Gasteiger partial charge in [-0.3, -0.25) is 0 Å². The lowest BCUT2D eigenvalue weighted by molar-refractivity contribution is -0.134. The van der Waals surface area contributed by atoms with Gasteiger partial charge in [0.15, 0.2) is 5.83 Å². The van der Waals surface area contributed by atoms with E-state index >= 15 is 0 Å². The fraction of sp³-hybridized carbons (Fsp3) is 0.167. The van der Waals surface area contributed by atoms with E-state index in [0.29, 0.717) is 11.3 Å². The topological polar surface area (TPSA) is 35.5 Å². The summed E-state index contributed by atoms with van der Waals surface area (Å²) >= 11 is 0. The molecule has 0 N–H and O–H groups in total. The Hall–Kier alpha value is -2.80. The molecule has 0 aliphatic rings. The van der Waals surface area contributed by atoms with E-state index < -0.39 is 17.6 Å². The number of carbonyl (C=O) groups is 1. The van der Waals surface area contributed by atoms with Gasteiger partial charge in [0.05, 0.1) is 7.11 Å². The highest BCUT2D eigenvalue weighted by Crippen LogP contribution is 2.21. The summed E-state index contributed by atoms with van der Waals surface area (Å²) in [5.74, 6) is 0.683. The predicted octanol–water partition coefficient (Wildman–Crippen LogP) is 4.03. The van der Waals surface area contributed by atoms with E-state index in [1.807, 2.05) is 5.92 Å². The first-order valence-corrected chi connectivity index (χ1v) is 6.45. The van der Waals surface area contributed by atoms with E-state index in [1.165, 1.54) is 13.0 Å². The minimum absolute atomic E-state index is 0.136. The summed E-state index contributed by atoms with van der Waals surface area (Å²) in [6.07, 6.45) is 6.38. The number of carbonyl (C=O) groups excluding carboxylic acids is 1. The minimum atomic E-state index is -0.801. The number of esters is 1. The summed E-state index contributed by atoms with van der Waals surface area (Å²) in [4.78, 5) is 11.4. The third kappa shape index (κ3) is 4.64. The van der Waals surface area contributed by atoms with Crippen molar-refractivity contribution in [3.63, 3.8) is 0 Å². The van der Waals surface area contributed by atoms with E-state index in [1.54, 1.807) is 38.3 Å². The van der Waals surface area contributed by atoms with Crippen molar-refractivity contribution in [3.8, 4) is 18.1 Å². The van der Waals surface area contributed by atoms with E-state index in [2.05, 4.69) is 6.58 Å². The Morgan fingerprint density at radius 2 is 1.91 bits per heavy atom. The molecule has 0 heterocycles. The standard InChI is InChI=1S/C18H17FO3/c1-6-17(22-18(20)12(2)3)16(19)11-13(4)14-7-9-15(21-5)10-8-14/h1,7-11H,2H2,3-5H3/b13-11+,17-16-. The lowest BCUT2D eigenvalue weighted by Crippen LogP contribution is -2.04. The van der Waals surface area contributed by atoms with Crippen molar-refractivity contribution >= 4 is 11.5 Å². The highest BCUT2D eigenvalue weighted by Gasteiger charge is 2.11. The van der Waals surface area contributed by atoms with Gasteiger partial charge in [0.2, 0.25) is 5.76 Å². The van der Waals surface area contributed by atoms with Gasteiger partial charge in [-0.05, 0) is 49.1 Å². The summed E-state index contributed by atoms with van der Waals surface area (Å²) in [5.41, 5.74) is 1.55. The molecular formula is C18H17FO3. The van der Waals surface area contributed by atoms with Crippen LogP contribution in [0.4, 0.5) is 4.39 Å². The Morgan fingerprint density at radius 1 is 1.32 bits per heavy atom. The fourth-order valence-electron chi connectivity index (χ4n) is 1.52. The van der Waals surface area contributed by atoms with Crippen molar-refractivity contribution in [2.24, 2.45) is 0 Å². The Kier molecular flexibility index (Phi) is 6.15. The molecule has 114 valence electrons. The van der Waals surface area contributed by atoms with Crippen molar-refractivity contribution in [2.45, 2.75) is 13.8 Å². The molecule has 0 fully saturated rings. The van der Waals surface area contributed by atoms with Crippen molar-refractivity contribution in [1.29, 1.82) is 0 Å². The molecule has 0 spiro atoms. The van der Waals surface area contributed by atoms with Gasteiger partial charge in [-0.2, -0.15) is 0 Å². The molecule has 0 aliphatic carbocycles. The summed E-state index contributed by atoms with van der Waals surface area (Å²) in [7, 11) is 1.56. The van der Waals surface area contributed by atoms with Crippen LogP contribution in [0.25, 0.3) is 5.57 Å². The number of allylic oxidation sites excluding steroid dienone is 4. The summed E-state index contributed by atoms with van der Waals surface area (Å²) in [6.45, 7) is 6.58. The van der Waals surface area contributed by atoms with Crippen molar-refractivity contribution in [3.05, 3.63) is 59.6 Å². The Labute approximate surface area is 129 Å². The van der Waals surface area contributed by atoms with Gasteiger partial charge < -0.3 is 9.47 Å². The largest absolute Gasteiger partial charge is 0.497 e. The van der Waals surface area contributed by atoms with Crippen LogP contribution < -0.4 is 4.74 Å². The van der Waals surface area contributed by atoms with Crippen LogP contribution in [0.15, 0.2) is 54.1 Å². The molecule has 1 aromatic carbocycles. The lowest BCUT2D eigenvalue weighted by atomic mass is 10.1. The van der Waals surface area contributed by atoms with Gasteiger partial charge in [-0.1, -0.05) is 18.7 Å². The molecule has 1 rings (SSSR count). The molecule has 0 aliphatic heterocycles. The predicted molar refractivity (Wildman–Crippen MR) is 84.5 cm³/mol. The van der Waals surface area contributed by atoms with Crippen LogP contribution in [0.3, 0.4) is 0 Å². The van der Waals surface area contributed by atoms with Crippen LogP contribution in [0.1, 0.15) is 19.4 Å². The molecule has 0 radical (unpaired) electrons.